The molecule has 3 rings (SSSR count). The van der Waals surface area contributed by atoms with E-state index < -0.39 is 14.9 Å². The van der Waals surface area contributed by atoms with Crippen molar-refractivity contribution in [2.75, 3.05) is 25.5 Å². The lowest BCUT2D eigenvalue weighted by molar-refractivity contribution is -0.384. The maximum absolute atomic E-state index is 12.7. The molecule has 9 nitrogen and oxygen atoms in total. The van der Waals surface area contributed by atoms with Crippen LogP contribution in [0, 0.1) is 10.1 Å². The van der Waals surface area contributed by atoms with Gasteiger partial charge in [-0.3, -0.25) is 14.9 Å². The lowest BCUT2D eigenvalue weighted by atomic mass is 10.0. The Hall–Kier alpha value is -2.50. The quantitative estimate of drug-likeness (QED) is 0.542. The van der Waals surface area contributed by atoms with Crippen molar-refractivity contribution >= 4 is 38.6 Å². The SMILES string of the molecule is CNc1ccc(C(=O)N2CCC(NS(=O)(=O)c3cccs3)CC2)cc1[N+](=O)[O-]. The van der Waals surface area contributed by atoms with Gasteiger partial charge in [0.05, 0.1) is 4.92 Å². The van der Waals surface area contributed by atoms with Gasteiger partial charge in [0.2, 0.25) is 10.0 Å². The molecule has 2 heterocycles. The van der Waals surface area contributed by atoms with Crippen molar-refractivity contribution in [2.45, 2.75) is 23.1 Å². The number of anilines is 1. The van der Waals surface area contributed by atoms with E-state index >= 15 is 0 Å². The summed E-state index contributed by atoms with van der Waals surface area (Å²) in [7, 11) is -1.97. The summed E-state index contributed by atoms with van der Waals surface area (Å²) < 4.78 is 27.6. The second kappa shape index (κ2) is 8.25. The minimum atomic E-state index is -3.55. The van der Waals surface area contributed by atoms with E-state index in [1.54, 1.807) is 35.5 Å². The molecule has 1 fully saturated rings. The van der Waals surface area contributed by atoms with Crippen LogP contribution < -0.4 is 10.0 Å². The molecule has 1 saturated heterocycles. The summed E-state index contributed by atoms with van der Waals surface area (Å²) in [6, 6.07) is 7.30. The van der Waals surface area contributed by atoms with Crippen LogP contribution in [0.3, 0.4) is 0 Å². The molecule has 1 aliphatic heterocycles. The van der Waals surface area contributed by atoms with Crippen molar-refractivity contribution in [3.63, 3.8) is 0 Å². The zero-order chi connectivity index (χ0) is 20.3. The molecule has 0 saturated carbocycles. The summed E-state index contributed by atoms with van der Waals surface area (Å²) in [5.74, 6) is -0.301. The number of nitrogens with one attached hydrogen (secondary N) is 2. The molecule has 0 radical (unpaired) electrons. The minimum absolute atomic E-state index is 0.160. The molecule has 28 heavy (non-hydrogen) atoms. The molecule has 0 aliphatic carbocycles. The molecule has 150 valence electrons. The molecule has 2 aromatic rings. The van der Waals surface area contributed by atoms with Crippen LogP contribution in [0.5, 0.6) is 0 Å². The average molecular weight is 425 g/mol. The highest BCUT2D eigenvalue weighted by Crippen LogP contribution is 2.26. The molecule has 0 atom stereocenters. The van der Waals surface area contributed by atoms with Gasteiger partial charge in [0.1, 0.15) is 9.90 Å². The average Bonchev–Trinajstić information content (AvgIpc) is 3.23. The number of nitro groups is 1. The summed E-state index contributed by atoms with van der Waals surface area (Å²) in [4.78, 5) is 24.9. The molecule has 1 aromatic carbocycles. The fourth-order valence-electron chi connectivity index (χ4n) is 3.10. The normalized spacial score (nSPS) is 15.4. The van der Waals surface area contributed by atoms with Crippen LogP contribution in [0.4, 0.5) is 11.4 Å². The third-order valence-corrected chi connectivity index (χ3v) is 7.49. The number of sulfonamides is 1. The molecule has 2 N–H and O–H groups in total. The van der Waals surface area contributed by atoms with Gasteiger partial charge < -0.3 is 10.2 Å². The van der Waals surface area contributed by atoms with E-state index in [0.717, 1.165) is 11.3 Å². The summed E-state index contributed by atoms with van der Waals surface area (Å²) >= 11 is 1.15. The van der Waals surface area contributed by atoms with Crippen molar-refractivity contribution in [1.29, 1.82) is 0 Å². The predicted molar refractivity (Wildman–Crippen MR) is 106 cm³/mol. The Kier molecular flexibility index (Phi) is 5.96. The molecule has 1 aliphatic rings. The maximum atomic E-state index is 12.7. The number of benzene rings is 1. The van der Waals surface area contributed by atoms with E-state index in [-0.39, 0.29) is 27.4 Å². The van der Waals surface area contributed by atoms with Gasteiger partial charge in [-0.2, -0.15) is 0 Å². The Labute approximate surface area is 166 Å². The first-order valence-electron chi connectivity index (χ1n) is 8.63. The fraction of sp³-hybridized carbons (Fsp3) is 0.353. The number of likely N-dealkylation sites (tertiary alicyclic amines) is 1. The van der Waals surface area contributed by atoms with E-state index in [9.17, 15) is 23.3 Å². The number of hydrogen-bond donors (Lipinski definition) is 2. The van der Waals surface area contributed by atoms with Gasteiger partial charge in [-0.05, 0) is 36.4 Å². The van der Waals surface area contributed by atoms with Gasteiger partial charge in [-0.15, -0.1) is 11.3 Å². The van der Waals surface area contributed by atoms with Crippen LogP contribution in [-0.4, -0.2) is 50.3 Å². The number of carbonyl (C=O) groups excluding carboxylic acids is 1. The predicted octanol–water partition coefficient (Wildman–Crippen LogP) is 2.28. The van der Waals surface area contributed by atoms with Crippen LogP contribution in [0.25, 0.3) is 0 Å². The largest absolute Gasteiger partial charge is 0.383 e. The van der Waals surface area contributed by atoms with Crippen LogP contribution in [0.2, 0.25) is 0 Å². The number of thiophene rings is 1. The van der Waals surface area contributed by atoms with Crippen molar-refractivity contribution in [3.05, 3.63) is 51.4 Å². The monoisotopic (exact) mass is 424 g/mol. The van der Waals surface area contributed by atoms with Crippen molar-refractivity contribution in [2.24, 2.45) is 0 Å². The number of amides is 1. The Morgan fingerprint density at radius 1 is 1.29 bits per heavy atom. The molecule has 0 bridgehead atoms. The van der Waals surface area contributed by atoms with E-state index in [4.69, 9.17) is 0 Å². The first kappa shape index (κ1) is 20.2. The number of piperidine rings is 1. The second-order valence-electron chi connectivity index (χ2n) is 6.36. The van der Waals surface area contributed by atoms with E-state index in [2.05, 4.69) is 10.0 Å². The Morgan fingerprint density at radius 3 is 2.57 bits per heavy atom. The van der Waals surface area contributed by atoms with Crippen molar-refractivity contribution in [1.82, 2.24) is 9.62 Å². The summed E-state index contributed by atoms with van der Waals surface area (Å²) in [5.41, 5.74) is 0.415. The van der Waals surface area contributed by atoms with Crippen molar-refractivity contribution in [3.8, 4) is 0 Å². The van der Waals surface area contributed by atoms with Gasteiger partial charge in [0, 0.05) is 37.8 Å². The Bertz CT molecular complexity index is 967. The summed E-state index contributed by atoms with van der Waals surface area (Å²) in [6.07, 6.45) is 0.958. The van der Waals surface area contributed by atoms with Gasteiger partial charge in [-0.1, -0.05) is 6.07 Å². The molecular formula is C17H20N4O5S2. The maximum Gasteiger partial charge on any atom is 0.293 e. The highest BCUT2D eigenvalue weighted by molar-refractivity contribution is 7.91. The van der Waals surface area contributed by atoms with Crippen LogP contribution in [0.15, 0.2) is 39.9 Å². The standard InChI is InChI=1S/C17H20N4O5S2/c1-18-14-5-4-12(11-15(14)21(23)24)17(22)20-8-6-13(7-9-20)19-28(25,26)16-3-2-10-27-16/h2-5,10-11,13,18-19H,6-9H2,1H3. The van der Waals surface area contributed by atoms with Gasteiger partial charge in [-0.25, -0.2) is 13.1 Å². The van der Waals surface area contributed by atoms with Crippen LogP contribution in [0.1, 0.15) is 23.2 Å². The Balaban J connectivity index is 1.64. The first-order chi connectivity index (χ1) is 13.3. The molecule has 11 heteroatoms. The summed E-state index contributed by atoms with van der Waals surface area (Å²) in [5, 5.41) is 15.6. The lowest BCUT2D eigenvalue weighted by Crippen LogP contribution is -2.46. The van der Waals surface area contributed by atoms with Gasteiger partial charge in [0.25, 0.3) is 11.6 Å². The second-order valence-corrected chi connectivity index (χ2v) is 9.25. The minimum Gasteiger partial charge on any atom is -0.383 e. The smallest absolute Gasteiger partial charge is 0.293 e. The number of nitrogens with zero attached hydrogens (tertiary/aromatic N) is 2. The van der Waals surface area contributed by atoms with E-state index in [0.29, 0.717) is 31.6 Å². The van der Waals surface area contributed by atoms with Crippen LogP contribution in [-0.2, 0) is 10.0 Å². The number of rotatable bonds is 6. The van der Waals surface area contributed by atoms with E-state index in [1.165, 1.54) is 12.1 Å². The van der Waals surface area contributed by atoms with E-state index in [1.807, 2.05) is 0 Å². The highest BCUT2D eigenvalue weighted by atomic mass is 32.2. The zero-order valence-electron chi connectivity index (χ0n) is 15.1. The molecule has 0 spiro atoms. The molecular weight excluding hydrogens is 404 g/mol. The zero-order valence-corrected chi connectivity index (χ0v) is 16.8. The van der Waals surface area contributed by atoms with Crippen molar-refractivity contribution < 1.29 is 18.1 Å². The van der Waals surface area contributed by atoms with Gasteiger partial charge in [0.15, 0.2) is 0 Å². The molecule has 1 aromatic heterocycles. The lowest BCUT2D eigenvalue weighted by Gasteiger charge is -2.32. The molecule has 0 unspecified atom stereocenters. The highest BCUT2D eigenvalue weighted by Gasteiger charge is 2.28. The number of hydrogen-bond acceptors (Lipinski definition) is 7. The number of nitro benzene ring substituents is 1. The Morgan fingerprint density at radius 2 is 2.00 bits per heavy atom. The fourth-order valence-corrected chi connectivity index (χ4v) is 5.42. The third kappa shape index (κ3) is 4.32. The third-order valence-electron chi connectivity index (χ3n) is 4.57. The first-order valence-corrected chi connectivity index (χ1v) is 11.0. The number of carbonyl (C=O) groups is 1. The van der Waals surface area contributed by atoms with Gasteiger partial charge >= 0.3 is 0 Å². The topological polar surface area (TPSA) is 122 Å². The van der Waals surface area contributed by atoms with Crippen LogP contribution >= 0.6 is 11.3 Å². The molecule has 1 amide bonds. The summed E-state index contributed by atoms with van der Waals surface area (Å²) in [6.45, 7) is 0.746.